The highest BCUT2D eigenvalue weighted by Crippen LogP contribution is 2.49. The van der Waals surface area contributed by atoms with Crippen molar-refractivity contribution < 1.29 is 9.53 Å². The average molecular weight is 527 g/mol. The number of likely N-dealkylation sites (N-methyl/N-ethyl adjacent to an activating group) is 1. The lowest BCUT2D eigenvalue weighted by Gasteiger charge is -2.37. The summed E-state index contributed by atoms with van der Waals surface area (Å²) in [6.07, 6.45) is 4.81. The number of pyridine rings is 1. The van der Waals surface area contributed by atoms with Gasteiger partial charge in [0, 0.05) is 39.5 Å². The number of carbonyl (C=O) groups excluding carboxylic acids is 1. The minimum absolute atomic E-state index is 0.0546. The van der Waals surface area contributed by atoms with Crippen molar-refractivity contribution in [3.63, 3.8) is 0 Å². The maximum atomic E-state index is 13.7. The zero-order valence-corrected chi connectivity index (χ0v) is 23.0. The van der Waals surface area contributed by atoms with Gasteiger partial charge in [-0.2, -0.15) is 0 Å². The molecule has 0 spiro atoms. The molecule has 3 heterocycles. The number of nitrogens with one attached hydrogen (secondary N) is 2. The number of nitrogens with zero attached hydrogens (tertiary/aromatic N) is 2. The van der Waals surface area contributed by atoms with Crippen LogP contribution in [0.4, 0.5) is 0 Å². The van der Waals surface area contributed by atoms with E-state index in [1.54, 1.807) is 11.3 Å². The van der Waals surface area contributed by atoms with Gasteiger partial charge < -0.3 is 15.4 Å². The number of fused-ring (bicyclic) bond motifs is 1. The van der Waals surface area contributed by atoms with Gasteiger partial charge in [-0.05, 0) is 106 Å². The predicted molar refractivity (Wildman–Crippen MR) is 154 cm³/mol. The Hall–Kier alpha value is -3.26. The topological polar surface area (TPSA) is 66.5 Å². The number of benzene rings is 2. The number of thiophene rings is 1. The number of aromatic nitrogens is 1. The molecule has 196 valence electrons. The highest BCUT2D eigenvalue weighted by molar-refractivity contribution is 7.15. The van der Waals surface area contributed by atoms with Crippen LogP contribution in [0.25, 0.3) is 21.3 Å². The summed E-state index contributed by atoms with van der Waals surface area (Å²) >= 11 is 1.79. The molecule has 1 aliphatic carbocycles. The number of amides is 1. The molecule has 6 nitrogen and oxygen atoms in total. The minimum Gasteiger partial charge on any atom is -0.492 e. The first-order valence-corrected chi connectivity index (χ1v) is 14.2. The summed E-state index contributed by atoms with van der Waals surface area (Å²) in [7, 11) is 4.09. The first-order valence-electron chi connectivity index (χ1n) is 13.3. The van der Waals surface area contributed by atoms with Gasteiger partial charge in [-0.1, -0.05) is 12.1 Å². The standard InChI is InChI=1S/C31H34N4O2S/c1-20-6-7-23(37-19-22-10-14-35(22)3)17-26(20)30(36)34-31(11-12-31)27-15-21(16-28-25(27)5-4-13-33-28)29-9-8-24(38-29)18-32-2/h4-9,13,15-17,22,32H,10-12,14,18-19H2,1-3H3,(H,34,36)/t22-/m0/s1. The first-order chi connectivity index (χ1) is 18.5. The smallest absolute Gasteiger partial charge is 0.252 e. The molecule has 1 aliphatic heterocycles. The van der Waals surface area contributed by atoms with Crippen LogP contribution in [0, 0.1) is 6.92 Å². The van der Waals surface area contributed by atoms with E-state index < -0.39 is 5.54 Å². The Morgan fingerprint density at radius 2 is 2.05 bits per heavy atom. The van der Waals surface area contributed by atoms with E-state index in [0.29, 0.717) is 18.2 Å². The van der Waals surface area contributed by atoms with E-state index in [0.717, 1.165) is 65.7 Å². The Morgan fingerprint density at radius 1 is 1.18 bits per heavy atom. The molecule has 0 bridgehead atoms. The van der Waals surface area contributed by atoms with Crippen LogP contribution < -0.4 is 15.4 Å². The Kier molecular flexibility index (Phi) is 6.68. The number of likely N-dealkylation sites (tertiary alicyclic amines) is 1. The molecule has 2 aromatic heterocycles. The summed E-state index contributed by atoms with van der Waals surface area (Å²) < 4.78 is 6.06. The van der Waals surface area contributed by atoms with Crippen LogP contribution in [-0.4, -0.2) is 49.1 Å². The Balaban J connectivity index is 1.29. The van der Waals surface area contributed by atoms with Gasteiger partial charge in [0.15, 0.2) is 0 Å². The molecule has 6 rings (SSSR count). The third-order valence-corrected chi connectivity index (χ3v) is 9.11. The fourth-order valence-electron chi connectivity index (χ4n) is 5.30. The van der Waals surface area contributed by atoms with Gasteiger partial charge in [-0.3, -0.25) is 14.7 Å². The molecule has 2 fully saturated rings. The van der Waals surface area contributed by atoms with Gasteiger partial charge >= 0.3 is 0 Å². The van der Waals surface area contributed by atoms with Gasteiger partial charge in [0.1, 0.15) is 12.4 Å². The van der Waals surface area contributed by atoms with E-state index >= 15 is 0 Å². The van der Waals surface area contributed by atoms with Crippen LogP contribution >= 0.6 is 11.3 Å². The molecule has 7 heteroatoms. The number of aryl methyl sites for hydroxylation is 1. The zero-order chi connectivity index (χ0) is 26.3. The fourth-order valence-corrected chi connectivity index (χ4v) is 6.31. The second kappa shape index (κ2) is 10.1. The van der Waals surface area contributed by atoms with Crippen LogP contribution in [0.1, 0.15) is 45.6 Å². The average Bonchev–Trinajstić information content (AvgIpc) is 3.54. The lowest BCUT2D eigenvalue weighted by atomic mass is 9.95. The minimum atomic E-state index is -0.391. The zero-order valence-electron chi connectivity index (χ0n) is 22.2. The summed E-state index contributed by atoms with van der Waals surface area (Å²) in [5, 5.41) is 7.75. The number of carbonyl (C=O) groups is 1. The van der Waals surface area contributed by atoms with Crippen molar-refractivity contribution in [1.82, 2.24) is 20.5 Å². The van der Waals surface area contributed by atoms with Crippen LogP contribution in [-0.2, 0) is 12.1 Å². The van der Waals surface area contributed by atoms with Crippen molar-refractivity contribution in [2.75, 3.05) is 27.2 Å². The molecule has 4 aromatic rings. The molecule has 1 amide bonds. The van der Waals surface area contributed by atoms with Gasteiger partial charge in [0.2, 0.25) is 0 Å². The number of ether oxygens (including phenoxy) is 1. The van der Waals surface area contributed by atoms with Gasteiger partial charge in [-0.25, -0.2) is 0 Å². The SMILES string of the molecule is CNCc1ccc(-c2cc(C3(NC(=O)c4cc(OC[C@@H]5CCN5C)ccc4C)CC3)c3cccnc3c2)s1. The van der Waals surface area contributed by atoms with E-state index in [2.05, 4.69) is 57.9 Å². The van der Waals surface area contributed by atoms with Crippen molar-refractivity contribution >= 4 is 28.1 Å². The molecule has 1 saturated heterocycles. The highest BCUT2D eigenvalue weighted by atomic mass is 32.1. The predicted octanol–water partition coefficient (Wildman–Crippen LogP) is 5.49. The lowest BCUT2D eigenvalue weighted by molar-refractivity contribution is 0.0767. The maximum absolute atomic E-state index is 13.7. The van der Waals surface area contributed by atoms with Gasteiger partial charge in [-0.15, -0.1) is 11.3 Å². The van der Waals surface area contributed by atoms with Crippen LogP contribution in [0.3, 0.4) is 0 Å². The van der Waals surface area contributed by atoms with Crippen molar-refractivity contribution in [3.8, 4) is 16.2 Å². The number of hydrogen-bond donors (Lipinski definition) is 2. The van der Waals surface area contributed by atoms with Crippen molar-refractivity contribution in [2.24, 2.45) is 0 Å². The monoisotopic (exact) mass is 526 g/mol. The maximum Gasteiger partial charge on any atom is 0.252 e. The third kappa shape index (κ3) is 4.82. The third-order valence-electron chi connectivity index (χ3n) is 7.97. The Labute approximate surface area is 228 Å². The molecule has 2 aliphatic rings. The lowest BCUT2D eigenvalue weighted by Crippen LogP contribution is -2.48. The van der Waals surface area contributed by atoms with Crippen molar-refractivity contribution in [3.05, 3.63) is 82.4 Å². The molecule has 38 heavy (non-hydrogen) atoms. The summed E-state index contributed by atoms with van der Waals surface area (Å²) in [5.41, 5.74) is 4.47. The van der Waals surface area contributed by atoms with Crippen LogP contribution in [0.5, 0.6) is 5.75 Å². The second-order valence-electron chi connectivity index (χ2n) is 10.6. The van der Waals surface area contributed by atoms with Crippen molar-refractivity contribution in [1.29, 1.82) is 0 Å². The fraction of sp³-hybridized carbons (Fsp3) is 0.355. The molecular formula is C31H34N4O2S. The van der Waals surface area contributed by atoms with E-state index in [1.807, 2.05) is 44.4 Å². The quantitative estimate of drug-likeness (QED) is 0.302. The van der Waals surface area contributed by atoms with E-state index in [9.17, 15) is 4.79 Å². The van der Waals surface area contributed by atoms with Gasteiger partial charge in [0.25, 0.3) is 5.91 Å². The Morgan fingerprint density at radius 3 is 2.79 bits per heavy atom. The Bertz CT molecular complexity index is 1490. The molecule has 1 atom stereocenters. The van der Waals surface area contributed by atoms with E-state index in [1.165, 1.54) is 9.75 Å². The number of hydrogen-bond acceptors (Lipinski definition) is 6. The molecule has 0 unspecified atom stereocenters. The first kappa shape index (κ1) is 25.0. The normalized spacial score (nSPS) is 18.2. The number of rotatable bonds is 9. The van der Waals surface area contributed by atoms with E-state index in [4.69, 9.17) is 4.74 Å². The molecule has 2 N–H and O–H groups in total. The molecule has 2 aromatic carbocycles. The highest BCUT2D eigenvalue weighted by Gasteiger charge is 2.47. The largest absolute Gasteiger partial charge is 0.492 e. The molecule has 1 saturated carbocycles. The van der Waals surface area contributed by atoms with Gasteiger partial charge in [0.05, 0.1) is 11.1 Å². The summed E-state index contributed by atoms with van der Waals surface area (Å²) in [6, 6.07) is 19.2. The molecule has 0 radical (unpaired) electrons. The summed E-state index contributed by atoms with van der Waals surface area (Å²) in [4.78, 5) is 23.2. The van der Waals surface area contributed by atoms with Crippen LogP contribution in [0.2, 0.25) is 0 Å². The van der Waals surface area contributed by atoms with Crippen LogP contribution in [0.15, 0.2) is 60.8 Å². The second-order valence-corrected chi connectivity index (χ2v) is 11.8. The summed E-state index contributed by atoms with van der Waals surface area (Å²) in [5.74, 6) is 0.693. The summed E-state index contributed by atoms with van der Waals surface area (Å²) in [6.45, 7) is 4.60. The molecular weight excluding hydrogens is 492 g/mol. The van der Waals surface area contributed by atoms with Crippen molar-refractivity contribution in [2.45, 2.75) is 44.3 Å². The van der Waals surface area contributed by atoms with E-state index in [-0.39, 0.29) is 5.91 Å².